The molecule has 1 heterocycles. The van der Waals surface area contributed by atoms with Crippen LogP contribution in [-0.2, 0) is 20.7 Å². The number of benzene rings is 1. The molecule has 0 aromatic heterocycles. The number of aromatic hydroxyl groups is 1. The second-order valence-electron chi connectivity index (χ2n) is 4.90. The van der Waals surface area contributed by atoms with Crippen LogP contribution in [0.3, 0.4) is 0 Å². The van der Waals surface area contributed by atoms with E-state index >= 15 is 0 Å². The Morgan fingerprint density at radius 1 is 1.40 bits per heavy atom. The molecule has 0 aliphatic carbocycles. The Hall–Kier alpha value is -2.04. The van der Waals surface area contributed by atoms with Crippen molar-refractivity contribution in [2.45, 2.75) is 31.7 Å². The maximum absolute atomic E-state index is 12.2. The predicted molar refractivity (Wildman–Crippen MR) is 73.2 cm³/mol. The average Bonchev–Trinajstić information content (AvgIpc) is 2.94. The van der Waals surface area contributed by atoms with Crippen LogP contribution in [0.5, 0.6) is 5.75 Å². The molecule has 2 rings (SSSR count). The fourth-order valence-corrected chi connectivity index (χ4v) is 2.55. The quantitative estimate of drug-likeness (QED) is 0.847. The summed E-state index contributed by atoms with van der Waals surface area (Å²) in [6.07, 6.45) is 2.23. The molecule has 5 heteroatoms. The number of rotatable bonds is 4. The number of carbonyl (C=O) groups is 2. The van der Waals surface area contributed by atoms with Crippen LogP contribution in [-0.4, -0.2) is 41.6 Å². The first-order valence-corrected chi connectivity index (χ1v) is 6.77. The van der Waals surface area contributed by atoms with E-state index in [-0.39, 0.29) is 24.0 Å². The third kappa shape index (κ3) is 3.10. The van der Waals surface area contributed by atoms with E-state index < -0.39 is 6.04 Å². The second-order valence-corrected chi connectivity index (χ2v) is 4.90. The molecule has 1 N–H and O–H groups in total. The Morgan fingerprint density at radius 2 is 2.15 bits per heavy atom. The highest BCUT2D eigenvalue weighted by Gasteiger charge is 2.34. The number of phenols is 1. The minimum atomic E-state index is -0.447. The summed E-state index contributed by atoms with van der Waals surface area (Å²) >= 11 is 0. The van der Waals surface area contributed by atoms with Gasteiger partial charge in [0, 0.05) is 13.0 Å². The molecule has 1 unspecified atom stereocenters. The largest absolute Gasteiger partial charge is 0.508 e. The molecule has 1 saturated heterocycles. The summed E-state index contributed by atoms with van der Waals surface area (Å²) in [6.45, 7) is 0.597. The number of amides is 1. The maximum Gasteiger partial charge on any atom is 0.328 e. The molecule has 0 bridgehead atoms. The van der Waals surface area contributed by atoms with Crippen LogP contribution in [0.25, 0.3) is 0 Å². The number of hydrogen-bond acceptors (Lipinski definition) is 4. The molecule has 1 atom stereocenters. The van der Waals surface area contributed by atoms with E-state index in [0.29, 0.717) is 19.4 Å². The number of methoxy groups -OCH3 is 1. The third-order valence-electron chi connectivity index (χ3n) is 3.65. The highest BCUT2D eigenvalue weighted by Crippen LogP contribution is 2.22. The number of ether oxygens (including phenoxy) is 1. The normalized spacial score (nSPS) is 18.1. The van der Waals surface area contributed by atoms with Gasteiger partial charge in [-0.15, -0.1) is 0 Å². The van der Waals surface area contributed by atoms with Gasteiger partial charge >= 0.3 is 5.97 Å². The van der Waals surface area contributed by atoms with Gasteiger partial charge in [-0.25, -0.2) is 4.79 Å². The summed E-state index contributed by atoms with van der Waals surface area (Å²) in [7, 11) is 1.34. The van der Waals surface area contributed by atoms with Gasteiger partial charge in [-0.1, -0.05) is 18.2 Å². The molecule has 1 aromatic carbocycles. The van der Waals surface area contributed by atoms with Crippen molar-refractivity contribution in [3.05, 3.63) is 29.8 Å². The molecule has 1 amide bonds. The van der Waals surface area contributed by atoms with Gasteiger partial charge in [-0.3, -0.25) is 4.79 Å². The molecule has 1 fully saturated rings. The van der Waals surface area contributed by atoms with Crippen molar-refractivity contribution in [2.75, 3.05) is 13.7 Å². The van der Waals surface area contributed by atoms with Crippen LogP contribution in [0.2, 0.25) is 0 Å². The van der Waals surface area contributed by atoms with Gasteiger partial charge in [0.25, 0.3) is 0 Å². The van der Waals surface area contributed by atoms with Crippen LogP contribution in [0, 0.1) is 0 Å². The van der Waals surface area contributed by atoms with Gasteiger partial charge in [0.15, 0.2) is 0 Å². The van der Waals surface area contributed by atoms with E-state index in [0.717, 1.165) is 12.0 Å². The zero-order chi connectivity index (χ0) is 14.5. The minimum Gasteiger partial charge on any atom is -0.508 e. The van der Waals surface area contributed by atoms with Crippen molar-refractivity contribution < 1.29 is 19.4 Å². The standard InChI is InChI=1S/C15H19NO4/c1-20-15(19)12-6-4-10-16(12)14(18)9-8-11-5-2-3-7-13(11)17/h2-3,5,7,12,17H,4,6,8-10H2,1H3. The van der Waals surface area contributed by atoms with Crippen LogP contribution in [0.1, 0.15) is 24.8 Å². The lowest BCUT2D eigenvalue weighted by Crippen LogP contribution is -2.41. The van der Waals surface area contributed by atoms with E-state index in [2.05, 4.69) is 0 Å². The zero-order valence-electron chi connectivity index (χ0n) is 11.5. The Balaban J connectivity index is 1.95. The maximum atomic E-state index is 12.2. The Kier molecular flexibility index (Phi) is 4.61. The van der Waals surface area contributed by atoms with Gasteiger partial charge in [0.05, 0.1) is 7.11 Å². The van der Waals surface area contributed by atoms with Crippen LogP contribution in [0.4, 0.5) is 0 Å². The lowest BCUT2D eigenvalue weighted by atomic mass is 10.1. The van der Waals surface area contributed by atoms with Crippen LogP contribution >= 0.6 is 0 Å². The van der Waals surface area contributed by atoms with Gasteiger partial charge in [0.2, 0.25) is 5.91 Å². The number of nitrogens with zero attached hydrogens (tertiary/aromatic N) is 1. The lowest BCUT2D eigenvalue weighted by Gasteiger charge is -2.22. The SMILES string of the molecule is COC(=O)C1CCCN1C(=O)CCc1ccccc1O. The lowest BCUT2D eigenvalue weighted by molar-refractivity contribution is -0.150. The number of phenolic OH excluding ortho intramolecular Hbond substituents is 1. The Morgan fingerprint density at radius 3 is 2.85 bits per heavy atom. The third-order valence-corrected chi connectivity index (χ3v) is 3.65. The fourth-order valence-electron chi connectivity index (χ4n) is 2.55. The average molecular weight is 277 g/mol. The first-order valence-electron chi connectivity index (χ1n) is 6.77. The van der Waals surface area contributed by atoms with E-state index in [9.17, 15) is 14.7 Å². The summed E-state index contributed by atoms with van der Waals surface area (Å²) < 4.78 is 4.72. The Labute approximate surface area is 118 Å². The molecule has 0 radical (unpaired) electrons. The number of likely N-dealkylation sites (tertiary alicyclic amines) is 1. The van der Waals surface area contributed by atoms with Crippen molar-refractivity contribution in [1.29, 1.82) is 0 Å². The van der Waals surface area contributed by atoms with Gasteiger partial charge in [-0.2, -0.15) is 0 Å². The molecule has 108 valence electrons. The van der Waals surface area contributed by atoms with E-state index in [1.807, 2.05) is 6.07 Å². The molecule has 1 aromatic rings. The molecule has 1 aliphatic heterocycles. The molecule has 1 aliphatic rings. The van der Waals surface area contributed by atoms with Crippen molar-refractivity contribution in [3.63, 3.8) is 0 Å². The van der Waals surface area contributed by atoms with Crippen LogP contribution in [0.15, 0.2) is 24.3 Å². The molecule has 20 heavy (non-hydrogen) atoms. The smallest absolute Gasteiger partial charge is 0.328 e. The molecule has 5 nitrogen and oxygen atoms in total. The molecular formula is C15H19NO4. The summed E-state index contributed by atoms with van der Waals surface area (Å²) in [5.74, 6) is -0.217. The van der Waals surface area contributed by atoms with Gasteiger partial charge in [0.1, 0.15) is 11.8 Å². The van der Waals surface area contributed by atoms with Crippen LogP contribution < -0.4 is 0 Å². The first kappa shape index (κ1) is 14.4. The minimum absolute atomic E-state index is 0.0684. The Bertz CT molecular complexity index is 500. The van der Waals surface area contributed by atoms with Gasteiger partial charge < -0.3 is 14.7 Å². The number of para-hydroxylation sites is 1. The summed E-state index contributed by atoms with van der Waals surface area (Å²) in [5.41, 5.74) is 0.745. The summed E-state index contributed by atoms with van der Waals surface area (Å²) in [5, 5.41) is 9.67. The van der Waals surface area contributed by atoms with E-state index in [1.54, 1.807) is 23.1 Å². The first-order chi connectivity index (χ1) is 9.63. The second kappa shape index (κ2) is 6.41. The van der Waals surface area contributed by atoms with E-state index in [1.165, 1.54) is 7.11 Å². The number of hydrogen-bond donors (Lipinski definition) is 1. The molecule has 0 spiro atoms. The van der Waals surface area contributed by atoms with Gasteiger partial charge in [-0.05, 0) is 30.9 Å². The van der Waals surface area contributed by atoms with Crippen molar-refractivity contribution in [2.24, 2.45) is 0 Å². The fraction of sp³-hybridized carbons (Fsp3) is 0.467. The number of aryl methyl sites for hydroxylation is 1. The van der Waals surface area contributed by atoms with Crippen molar-refractivity contribution >= 4 is 11.9 Å². The topological polar surface area (TPSA) is 66.8 Å². The monoisotopic (exact) mass is 277 g/mol. The highest BCUT2D eigenvalue weighted by molar-refractivity contribution is 5.85. The van der Waals surface area contributed by atoms with Crippen molar-refractivity contribution in [3.8, 4) is 5.75 Å². The predicted octanol–water partition coefficient (Wildman–Crippen LogP) is 1.49. The molecule has 0 saturated carbocycles. The summed E-state index contributed by atoms with van der Waals surface area (Å²) in [4.78, 5) is 25.4. The highest BCUT2D eigenvalue weighted by atomic mass is 16.5. The zero-order valence-corrected chi connectivity index (χ0v) is 11.5. The molecular weight excluding hydrogens is 258 g/mol. The number of esters is 1. The van der Waals surface area contributed by atoms with Crippen molar-refractivity contribution in [1.82, 2.24) is 4.90 Å². The summed E-state index contributed by atoms with van der Waals surface area (Å²) in [6, 6.07) is 6.52. The number of carbonyl (C=O) groups excluding carboxylic acids is 2. The van der Waals surface area contributed by atoms with E-state index in [4.69, 9.17) is 4.74 Å².